The first-order valence-electron chi connectivity index (χ1n) is 7.64. The predicted octanol–water partition coefficient (Wildman–Crippen LogP) is 2.35. The smallest absolute Gasteiger partial charge is 0.316 e. The van der Waals surface area contributed by atoms with E-state index < -0.39 is 0 Å². The number of rotatable bonds is 4. The molecule has 0 radical (unpaired) electrons. The molecule has 0 N–H and O–H groups in total. The molecule has 116 valence electrons. The van der Waals surface area contributed by atoms with E-state index in [0.29, 0.717) is 6.01 Å². The fourth-order valence-corrected chi connectivity index (χ4v) is 4.05. The van der Waals surface area contributed by atoms with E-state index in [1.807, 2.05) is 11.3 Å². The summed E-state index contributed by atoms with van der Waals surface area (Å²) in [7, 11) is 0. The van der Waals surface area contributed by atoms with Gasteiger partial charge in [-0.1, -0.05) is 6.07 Å². The summed E-state index contributed by atoms with van der Waals surface area (Å²) < 4.78 is 12.0. The zero-order chi connectivity index (χ0) is 14.8. The fraction of sp³-hybridized carbons (Fsp3) is 0.500. The summed E-state index contributed by atoms with van der Waals surface area (Å²) in [5, 5.41) is 2.13. The van der Waals surface area contributed by atoms with Crippen LogP contribution in [0.5, 0.6) is 6.01 Å². The van der Waals surface area contributed by atoms with Gasteiger partial charge in [0.05, 0.1) is 12.2 Å². The molecule has 5 nitrogen and oxygen atoms in total. The number of hydrogen-bond donors (Lipinski definition) is 0. The first kappa shape index (κ1) is 14.1. The van der Waals surface area contributed by atoms with Crippen LogP contribution in [-0.4, -0.2) is 46.3 Å². The summed E-state index contributed by atoms with van der Waals surface area (Å²) >= 11 is 1.81. The van der Waals surface area contributed by atoms with Gasteiger partial charge in [0.1, 0.15) is 6.10 Å². The minimum absolute atomic E-state index is 0.0328. The van der Waals surface area contributed by atoms with E-state index in [-0.39, 0.29) is 11.7 Å². The van der Waals surface area contributed by atoms with Crippen LogP contribution in [-0.2, 0) is 11.3 Å². The third-order valence-electron chi connectivity index (χ3n) is 4.24. The van der Waals surface area contributed by atoms with Gasteiger partial charge in [-0.25, -0.2) is 9.97 Å². The van der Waals surface area contributed by atoms with Crippen molar-refractivity contribution in [2.45, 2.75) is 31.1 Å². The maximum Gasteiger partial charge on any atom is 0.316 e. The molecule has 6 heteroatoms. The van der Waals surface area contributed by atoms with Crippen molar-refractivity contribution in [3.05, 3.63) is 40.8 Å². The maximum absolute atomic E-state index is 6.06. The van der Waals surface area contributed by atoms with Crippen LogP contribution in [0.2, 0.25) is 0 Å². The zero-order valence-electron chi connectivity index (χ0n) is 12.4. The lowest BCUT2D eigenvalue weighted by Gasteiger charge is -2.52. The molecule has 2 aromatic heterocycles. The summed E-state index contributed by atoms with van der Waals surface area (Å²) in [6, 6.07) is 6.57. The largest absolute Gasteiger partial charge is 0.460 e. The monoisotopic (exact) mass is 317 g/mol. The van der Waals surface area contributed by atoms with Crippen molar-refractivity contribution in [2.75, 3.05) is 19.7 Å². The second kappa shape index (κ2) is 5.95. The summed E-state index contributed by atoms with van der Waals surface area (Å²) in [4.78, 5) is 12.1. The minimum atomic E-state index is -0.0328. The van der Waals surface area contributed by atoms with Crippen molar-refractivity contribution in [3.63, 3.8) is 0 Å². The van der Waals surface area contributed by atoms with Crippen molar-refractivity contribution in [1.29, 1.82) is 0 Å². The van der Waals surface area contributed by atoms with E-state index in [2.05, 4.69) is 32.4 Å². The van der Waals surface area contributed by atoms with E-state index in [4.69, 9.17) is 9.47 Å². The molecule has 1 spiro atoms. The van der Waals surface area contributed by atoms with Crippen LogP contribution >= 0.6 is 11.3 Å². The molecule has 0 aromatic carbocycles. The predicted molar refractivity (Wildman–Crippen MR) is 84.0 cm³/mol. The van der Waals surface area contributed by atoms with E-state index >= 15 is 0 Å². The topological polar surface area (TPSA) is 47.5 Å². The van der Waals surface area contributed by atoms with Gasteiger partial charge in [-0.15, -0.1) is 11.3 Å². The normalized spacial score (nSPS) is 24.1. The molecular weight excluding hydrogens is 298 g/mol. The summed E-state index contributed by atoms with van der Waals surface area (Å²) in [6.07, 6.45) is 5.41. The summed E-state index contributed by atoms with van der Waals surface area (Å²) in [5.74, 6) is 0. The Hall–Kier alpha value is -1.50. The Morgan fingerprint density at radius 1 is 1.32 bits per heavy atom. The number of nitrogens with zero attached hydrogens (tertiary/aromatic N) is 3. The molecule has 4 rings (SSSR count). The Morgan fingerprint density at radius 3 is 2.95 bits per heavy atom. The van der Waals surface area contributed by atoms with Gasteiger partial charge in [-0.05, 0) is 17.5 Å². The van der Waals surface area contributed by atoms with Crippen molar-refractivity contribution < 1.29 is 9.47 Å². The van der Waals surface area contributed by atoms with Gasteiger partial charge in [0.2, 0.25) is 0 Å². The number of hydrogen-bond acceptors (Lipinski definition) is 6. The minimum Gasteiger partial charge on any atom is -0.460 e. The van der Waals surface area contributed by atoms with Crippen molar-refractivity contribution in [1.82, 2.24) is 14.9 Å². The Morgan fingerprint density at radius 2 is 2.18 bits per heavy atom. The lowest BCUT2D eigenvalue weighted by atomic mass is 9.84. The Balaban J connectivity index is 1.32. The van der Waals surface area contributed by atoms with Gasteiger partial charge in [0, 0.05) is 49.7 Å². The standard InChI is InChI=1S/C16H19N3O2S/c1-3-14(22-8-1)10-19-11-16(12-19)9-13(4-7-20-16)21-15-17-5-2-6-18-15/h1-3,5-6,8,13H,4,7,9-12H2/t13-/m0/s1. The van der Waals surface area contributed by atoms with Crippen molar-refractivity contribution in [2.24, 2.45) is 0 Å². The molecule has 0 saturated carbocycles. The number of thiophene rings is 1. The third-order valence-corrected chi connectivity index (χ3v) is 5.11. The van der Waals surface area contributed by atoms with E-state index in [9.17, 15) is 0 Å². The van der Waals surface area contributed by atoms with Crippen molar-refractivity contribution in [3.8, 4) is 6.01 Å². The molecule has 0 amide bonds. The number of aromatic nitrogens is 2. The van der Waals surface area contributed by atoms with Gasteiger partial charge >= 0.3 is 6.01 Å². The highest BCUT2D eigenvalue weighted by Gasteiger charge is 2.48. The molecule has 2 fully saturated rings. The first-order valence-corrected chi connectivity index (χ1v) is 8.52. The second-order valence-electron chi connectivity index (χ2n) is 6.02. The van der Waals surface area contributed by atoms with E-state index in [1.165, 1.54) is 4.88 Å². The molecular formula is C16H19N3O2S. The first-order chi connectivity index (χ1) is 10.8. The summed E-state index contributed by atoms with van der Waals surface area (Å²) in [5.41, 5.74) is -0.0328. The molecule has 1 atom stereocenters. The van der Waals surface area contributed by atoms with Gasteiger partial charge in [0.25, 0.3) is 0 Å². The van der Waals surface area contributed by atoms with Crippen LogP contribution in [0.25, 0.3) is 0 Å². The van der Waals surface area contributed by atoms with Crippen LogP contribution in [0.15, 0.2) is 36.0 Å². The molecule has 2 aliphatic rings. The Bertz CT molecular complexity index is 599. The van der Waals surface area contributed by atoms with Crippen molar-refractivity contribution >= 4 is 11.3 Å². The number of likely N-dealkylation sites (tertiary alicyclic amines) is 1. The highest BCUT2D eigenvalue weighted by molar-refractivity contribution is 7.09. The Labute approximate surface area is 133 Å². The molecule has 2 aliphatic heterocycles. The van der Waals surface area contributed by atoms with Gasteiger partial charge < -0.3 is 9.47 Å². The highest BCUT2D eigenvalue weighted by Crippen LogP contribution is 2.36. The van der Waals surface area contributed by atoms with Crippen LogP contribution < -0.4 is 4.74 Å². The van der Waals surface area contributed by atoms with Crippen LogP contribution in [0, 0.1) is 0 Å². The molecule has 0 unspecified atom stereocenters. The molecule has 22 heavy (non-hydrogen) atoms. The Kier molecular flexibility index (Phi) is 3.82. The molecule has 4 heterocycles. The van der Waals surface area contributed by atoms with E-state index in [0.717, 1.165) is 39.1 Å². The third kappa shape index (κ3) is 2.99. The van der Waals surface area contributed by atoms with Gasteiger partial charge in [-0.2, -0.15) is 0 Å². The van der Waals surface area contributed by atoms with Crippen LogP contribution in [0.4, 0.5) is 0 Å². The average molecular weight is 317 g/mol. The second-order valence-corrected chi connectivity index (χ2v) is 7.05. The molecule has 0 aliphatic carbocycles. The maximum atomic E-state index is 6.06. The molecule has 2 saturated heterocycles. The number of ether oxygens (including phenoxy) is 2. The van der Waals surface area contributed by atoms with Gasteiger partial charge in [0.15, 0.2) is 0 Å². The highest BCUT2D eigenvalue weighted by atomic mass is 32.1. The van der Waals surface area contributed by atoms with Gasteiger partial charge in [-0.3, -0.25) is 4.90 Å². The molecule has 0 bridgehead atoms. The lowest BCUT2D eigenvalue weighted by molar-refractivity contribution is -0.188. The SMILES string of the molecule is c1cnc(O[C@H]2CCOC3(C2)CN(Cc2cccs2)C3)nc1. The quantitative estimate of drug-likeness (QED) is 0.866. The molecule has 2 aromatic rings. The van der Waals surface area contributed by atoms with Crippen LogP contribution in [0.3, 0.4) is 0 Å². The average Bonchev–Trinajstić information content (AvgIpc) is 3.00. The lowest BCUT2D eigenvalue weighted by Crippen LogP contribution is -2.65. The van der Waals surface area contributed by atoms with Crippen LogP contribution in [0.1, 0.15) is 17.7 Å². The van der Waals surface area contributed by atoms with E-state index in [1.54, 1.807) is 18.5 Å². The fourth-order valence-electron chi connectivity index (χ4n) is 3.30. The zero-order valence-corrected chi connectivity index (χ0v) is 13.2. The summed E-state index contributed by atoms with van der Waals surface area (Å²) in [6.45, 7) is 3.75.